The van der Waals surface area contributed by atoms with Gasteiger partial charge in [0.2, 0.25) is 5.88 Å². The molecule has 0 radical (unpaired) electrons. The maximum atomic E-state index is 12.3. The molecule has 140 valence electrons. The maximum absolute atomic E-state index is 12.3. The number of carbonyl (C=O) groups is 2. The standard InChI is InChI=1S/C19H19N3O5/c1-13-19(27-18(24)21-13)11-22(12-19)17(23)10-25-14-5-4-6-15(9-14)26-16-7-2-3-8-20-16/h2-9,13H,10-12H2,1H3,(H,21,24). The molecular weight excluding hydrogens is 350 g/mol. The van der Waals surface area contributed by atoms with Crippen LogP contribution in [0, 0.1) is 0 Å². The summed E-state index contributed by atoms with van der Waals surface area (Å²) in [7, 11) is 0. The van der Waals surface area contributed by atoms with Crippen LogP contribution in [-0.4, -0.2) is 53.2 Å². The van der Waals surface area contributed by atoms with Crippen molar-refractivity contribution in [3.05, 3.63) is 48.7 Å². The van der Waals surface area contributed by atoms with Gasteiger partial charge in [0.25, 0.3) is 5.91 Å². The Hall–Kier alpha value is -3.29. The van der Waals surface area contributed by atoms with E-state index in [-0.39, 0.29) is 18.6 Å². The molecule has 2 aromatic rings. The molecule has 2 saturated heterocycles. The third-order valence-electron chi connectivity index (χ3n) is 4.72. The van der Waals surface area contributed by atoms with E-state index in [2.05, 4.69) is 10.3 Å². The van der Waals surface area contributed by atoms with Crippen molar-refractivity contribution in [3.8, 4) is 17.4 Å². The number of hydrogen-bond acceptors (Lipinski definition) is 6. The first-order valence-electron chi connectivity index (χ1n) is 8.63. The first-order valence-corrected chi connectivity index (χ1v) is 8.63. The lowest BCUT2D eigenvalue weighted by Crippen LogP contribution is -2.68. The largest absolute Gasteiger partial charge is 0.484 e. The van der Waals surface area contributed by atoms with Gasteiger partial charge >= 0.3 is 6.09 Å². The molecule has 8 heteroatoms. The summed E-state index contributed by atoms with van der Waals surface area (Å²) in [4.78, 5) is 29.4. The van der Waals surface area contributed by atoms with Gasteiger partial charge in [-0.05, 0) is 25.1 Å². The van der Waals surface area contributed by atoms with E-state index < -0.39 is 11.7 Å². The number of ether oxygens (including phenoxy) is 3. The van der Waals surface area contributed by atoms with Crippen LogP contribution in [0.4, 0.5) is 4.79 Å². The lowest BCUT2D eigenvalue weighted by atomic mass is 9.87. The van der Waals surface area contributed by atoms with Crippen LogP contribution in [0.2, 0.25) is 0 Å². The highest BCUT2D eigenvalue weighted by Crippen LogP contribution is 2.33. The minimum absolute atomic E-state index is 0.0983. The van der Waals surface area contributed by atoms with Crippen LogP contribution in [0.15, 0.2) is 48.7 Å². The number of nitrogens with one attached hydrogen (secondary N) is 1. The summed E-state index contributed by atoms with van der Waals surface area (Å²) in [5.41, 5.74) is -0.608. The molecule has 0 saturated carbocycles. The molecule has 1 atom stereocenters. The summed E-state index contributed by atoms with van der Waals surface area (Å²) in [6, 6.07) is 12.3. The van der Waals surface area contributed by atoms with Crippen LogP contribution in [0.5, 0.6) is 17.4 Å². The van der Waals surface area contributed by atoms with Crippen molar-refractivity contribution >= 4 is 12.0 Å². The van der Waals surface area contributed by atoms with Crippen LogP contribution in [0.25, 0.3) is 0 Å². The number of rotatable bonds is 5. The molecule has 0 aliphatic carbocycles. The minimum Gasteiger partial charge on any atom is -0.484 e. The van der Waals surface area contributed by atoms with E-state index in [9.17, 15) is 9.59 Å². The Balaban J connectivity index is 1.30. The Morgan fingerprint density at radius 2 is 2.11 bits per heavy atom. The number of alkyl carbamates (subject to hydrolysis) is 1. The molecule has 1 aromatic heterocycles. The molecular formula is C19H19N3O5. The third-order valence-corrected chi connectivity index (χ3v) is 4.72. The van der Waals surface area contributed by atoms with Crippen molar-refractivity contribution in [2.75, 3.05) is 19.7 Å². The molecule has 27 heavy (non-hydrogen) atoms. The highest BCUT2D eigenvalue weighted by atomic mass is 16.6. The van der Waals surface area contributed by atoms with E-state index in [0.717, 1.165) is 0 Å². The molecule has 4 rings (SSSR count). The molecule has 8 nitrogen and oxygen atoms in total. The van der Waals surface area contributed by atoms with E-state index in [1.165, 1.54) is 0 Å². The van der Waals surface area contributed by atoms with Gasteiger partial charge in [0.05, 0.1) is 19.1 Å². The van der Waals surface area contributed by atoms with Gasteiger partial charge in [0.1, 0.15) is 11.5 Å². The summed E-state index contributed by atoms with van der Waals surface area (Å²) in [5.74, 6) is 1.41. The van der Waals surface area contributed by atoms with Crippen LogP contribution >= 0.6 is 0 Å². The van der Waals surface area contributed by atoms with Gasteiger partial charge in [-0.2, -0.15) is 0 Å². The average Bonchev–Trinajstić information content (AvgIpc) is 2.94. The molecule has 0 bridgehead atoms. The fourth-order valence-electron chi connectivity index (χ4n) is 3.12. The fraction of sp³-hybridized carbons (Fsp3) is 0.316. The molecule has 2 aliphatic rings. The second kappa shape index (κ2) is 6.79. The van der Waals surface area contributed by atoms with Crippen molar-refractivity contribution in [3.63, 3.8) is 0 Å². The van der Waals surface area contributed by atoms with Gasteiger partial charge in [-0.15, -0.1) is 0 Å². The van der Waals surface area contributed by atoms with Crippen molar-refractivity contribution in [2.45, 2.75) is 18.6 Å². The first kappa shape index (κ1) is 17.1. The Kier molecular flexibility index (Phi) is 4.31. The molecule has 3 heterocycles. The normalized spacial score (nSPS) is 19.8. The monoisotopic (exact) mass is 369 g/mol. The smallest absolute Gasteiger partial charge is 0.408 e. The van der Waals surface area contributed by atoms with Gasteiger partial charge < -0.3 is 24.4 Å². The Morgan fingerprint density at radius 1 is 1.30 bits per heavy atom. The molecule has 2 aliphatic heterocycles. The van der Waals surface area contributed by atoms with Crippen LogP contribution in [-0.2, 0) is 9.53 Å². The highest BCUT2D eigenvalue weighted by molar-refractivity contribution is 5.80. The van der Waals surface area contributed by atoms with E-state index in [4.69, 9.17) is 14.2 Å². The summed E-state index contributed by atoms with van der Waals surface area (Å²) in [6.45, 7) is 2.52. The predicted octanol–water partition coefficient (Wildman–Crippen LogP) is 1.96. The number of benzene rings is 1. The highest BCUT2D eigenvalue weighted by Gasteiger charge is 2.56. The number of likely N-dealkylation sites (tertiary alicyclic amines) is 1. The lowest BCUT2D eigenvalue weighted by Gasteiger charge is -2.47. The SMILES string of the molecule is CC1NC(=O)OC12CN(C(=O)COc1cccc(Oc3ccccn3)c1)C2. The first-order chi connectivity index (χ1) is 13.0. The van der Waals surface area contributed by atoms with Crippen molar-refractivity contribution < 1.29 is 23.8 Å². The Labute approximate surface area is 156 Å². The molecule has 1 aromatic carbocycles. The second-order valence-corrected chi connectivity index (χ2v) is 6.60. The summed E-state index contributed by atoms with van der Waals surface area (Å²) in [6.07, 6.45) is 1.21. The zero-order chi connectivity index (χ0) is 18.9. The number of hydrogen-bond donors (Lipinski definition) is 1. The Bertz CT molecular complexity index is 851. The van der Waals surface area contributed by atoms with E-state index >= 15 is 0 Å². The van der Waals surface area contributed by atoms with Gasteiger partial charge in [0.15, 0.2) is 12.2 Å². The lowest BCUT2D eigenvalue weighted by molar-refractivity contribution is -0.154. The summed E-state index contributed by atoms with van der Waals surface area (Å²) < 4.78 is 16.5. The van der Waals surface area contributed by atoms with Gasteiger partial charge in [-0.1, -0.05) is 12.1 Å². The zero-order valence-corrected chi connectivity index (χ0v) is 14.8. The number of pyridine rings is 1. The predicted molar refractivity (Wildman–Crippen MR) is 94.6 cm³/mol. The number of nitrogens with zero attached hydrogens (tertiary/aromatic N) is 2. The second-order valence-electron chi connectivity index (χ2n) is 6.60. The van der Waals surface area contributed by atoms with Gasteiger partial charge in [-0.25, -0.2) is 9.78 Å². The van der Waals surface area contributed by atoms with E-state index in [1.807, 2.05) is 13.0 Å². The molecule has 2 amide bonds. The molecule has 2 fully saturated rings. The van der Waals surface area contributed by atoms with Crippen LogP contribution in [0.3, 0.4) is 0 Å². The average molecular weight is 369 g/mol. The summed E-state index contributed by atoms with van der Waals surface area (Å²) >= 11 is 0. The molecule has 1 unspecified atom stereocenters. The minimum atomic E-state index is -0.608. The van der Waals surface area contributed by atoms with Gasteiger partial charge in [-0.3, -0.25) is 4.79 Å². The number of aromatic nitrogens is 1. The van der Waals surface area contributed by atoms with Crippen LogP contribution < -0.4 is 14.8 Å². The van der Waals surface area contributed by atoms with Crippen LogP contribution in [0.1, 0.15) is 6.92 Å². The van der Waals surface area contributed by atoms with Crippen molar-refractivity contribution in [1.29, 1.82) is 0 Å². The zero-order valence-electron chi connectivity index (χ0n) is 14.8. The van der Waals surface area contributed by atoms with Gasteiger partial charge in [0, 0.05) is 18.3 Å². The topological polar surface area (TPSA) is 90.0 Å². The molecule has 1 spiro atoms. The van der Waals surface area contributed by atoms with E-state index in [0.29, 0.717) is 30.5 Å². The number of carbonyl (C=O) groups excluding carboxylic acids is 2. The summed E-state index contributed by atoms with van der Waals surface area (Å²) in [5, 5.41) is 2.70. The maximum Gasteiger partial charge on any atom is 0.408 e. The van der Waals surface area contributed by atoms with Crippen molar-refractivity contribution in [1.82, 2.24) is 15.2 Å². The third kappa shape index (κ3) is 3.51. The molecule has 1 N–H and O–H groups in total. The fourth-order valence-corrected chi connectivity index (χ4v) is 3.12. The Morgan fingerprint density at radius 3 is 2.81 bits per heavy atom. The van der Waals surface area contributed by atoms with E-state index in [1.54, 1.807) is 47.5 Å². The quantitative estimate of drug-likeness (QED) is 0.867. The number of amides is 2. The van der Waals surface area contributed by atoms with Crippen molar-refractivity contribution in [2.24, 2.45) is 0 Å².